The van der Waals surface area contributed by atoms with Gasteiger partial charge in [-0.1, -0.05) is 91.0 Å². The normalized spacial score (nSPS) is 22.6. The number of hydrogen-bond donors (Lipinski definition) is 4. The van der Waals surface area contributed by atoms with Gasteiger partial charge in [-0.05, 0) is 37.5 Å². The number of aliphatic carboxylic acids is 1. The van der Waals surface area contributed by atoms with Crippen LogP contribution in [0.4, 0.5) is 0 Å². The fraction of sp³-hybridized carbons (Fsp3) is 0.450. The molecule has 0 aliphatic carbocycles. The summed E-state index contributed by atoms with van der Waals surface area (Å²) < 4.78 is 34.8. The molecule has 54 heavy (non-hydrogen) atoms. The van der Waals surface area contributed by atoms with E-state index in [-0.39, 0.29) is 52.9 Å². The molecule has 0 saturated carbocycles. The third kappa shape index (κ3) is 13.3. The van der Waals surface area contributed by atoms with E-state index < -0.39 is 66.2 Å². The number of amides is 3. The lowest BCUT2D eigenvalue weighted by atomic mass is 10.1. The number of carbonyl (C=O) groups is 4. The predicted octanol–water partition coefficient (Wildman–Crippen LogP) is 3.29. The van der Waals surface area contributed by atoms with Crippen LogP contribution in [-0.2, 0) is 47.6 Å². The van der Waals surface area contributed by atoms with Gasteiger partial charge in [-0.15, -0.1) is 0 Å². The van der Waals surface area contributed by atoms with Crippen molar-refractivity contribution in [2.75, 3.05) is 52.9 Å². The number of ether oxygens (including phenoxy) is 6. The van der Waals surface area contributed by atoms with Crippen LogP contribution in [-0.4, -0.2) is 106 Å². The Labute approximate surface area is 315 Å². The molecule has 0 radical (unpaired) electrons. The maximum absolute atomic E-state index is 13.8. The molecule has 1 saturated heterocycles. The van der Waals surface area contributed by atoms with Gasteiger partial charge in [-0.2, -0.15) is 0 Å². The first kappa shape index (κ1) is 42.0. The van der Waals surface area contributed by atoms with E-state index in [1.165, 1.54) is 0 Å². The number of nitrogens with one attached hydrogen (secondary N) is 3. The second kappa shape index (κ2) is 22.5. The highest BCUT2D eigenvalue weighted by Gasteiger charge is 2.38. The van der Waals surface area contributed by atoms with Gasteiger partial charge >= 0.3 is 5.97 Å². The monoisotopic (exact) mass is 749 g/mol. The van der Waals surface area contributed by atoms with Crippen molar-refractivity contribution in [2.45, 2.75) is 63.3 Å². The first-order chi connectivity index (χ1) is 26.2. The average Bonchev–Trinajstić information content (AvgIpc) is 3.18. The van der Waals surface area contributed by atoms with Crippen molar-refractivity contribution in [2.24, 2.45) is 0 Å². The van der Waals surface area contributed by atoms with E-state index in [0.29, 0.717) is 0 Å². The molecule has 0 spiro atoms. The van der Waals surface area contributed by atoms with Crippen LogP contribution < -0.4 is 16.0 Å². The standard InChI is InChI=1S/C40H51N3O11/c1-27(30-13-7-4-8-14-30)41-37(44)33-34(38(45)42-28(2)31-15-9-5-10-16-31)52-24-20-50-22-26-54-36(40(47)48)35(53-25-21-49-19-23-51-33)39(46)43-29(3)32-17-11-6-12-18-32/h4-18,27-29,33-36H,19-26H2,1-3H3,(H,41,44)(H,42,45)(H,43,46)(H,47,48)/t27?,28?,29?,33-,34-,35-,36-/m0/s1. The van der Waals surface area contributed by atoms with Crippen LogP contribution >= 0.6 is 0 Å². The third-order valence-electron chi connectivity index (χ3n) is 8.64. The zero-order valence-corrected chi connectivity index (χ0v) is 30.9. The van der Waals surface area contributed by atoms with Crippen LogP contribution in [0, 0.1) is 0 Å². The van der Waals surface area contributed by atoms with Gasteiger partial charge in [0.05, 0.1) is 71.0 Å². The Kier molecular flexibility index (Phi) is 17.5. The highest BCUT2D eigenvalue weighted by molar-refractivity contribution is 5.91. The number of carbonyl (C=O) groups excluding carboxylic acids is 3. The molecule has 3 aromatic carbocycles. The summed E-state index contributed by atoms with van der Waals surface area (Å²) in [4.78, 5) is 53.3. The van der Waals surface area contributed by atoms with Crippen LogP contribution in [0.25, 0.3) is 0 Å². The van der Waals surface area contributed by atoms with Crippen molar-refractivity contribution in [1.29, 1.82) is 0 Å². The van der Waals surface area contributed by atoms with Gasteiger partial charge in [0, 0.05) is 0 Å². The number of benzene rings is 3. The summed E-state index contributed by atoms with van der Waals surface area (Å²) in [5.74, 6) is -3.19. The molecule has 1 fully saturated rings. The van der Waals surface area contributed by atoms with E-state index in [4.69, 9.17) is 28.4 Å². The predicted molar refractivity (Wildman–Crippen MR) is 197 cm³/mol. The zero-order chi connectivity index (χ0) is 38.7. The van der Waals surface area contributed by atoms with Gasteiger partial charge in [0.1, 0.15) is 0 Å². The lowest BCUT2D eigenvalue weighted by Crippen LogP contribution is -2.53. The van der Waals surface area contributed by atoms with Crippen LogP contribution in [0.1, 0.15) is 55.6 Å². The molecular formula is C40H51N3O11. The minimum absolute atomic E-state index is 0.0278. The average molecular weight is 750 g/mol. The van der Waals surface area contributed by atoms with E-state index in [2.05, 4.69) is 16.0 Å². The summed E-state index contributed by atoms with van der Waals surface area (Å²) in [6.45, 7) is 4.65. The van der Waals surface area contributed by atoms with Gasteiger partial charge in [0.15, 0.2) is 24.4 Å². The Morgan fingerprint density at radius 1 is 0.463 bits per heavy atom. The van der Waals surface area contributed by atoms with Gasteiger partial charge < -0.3 is 49.5 Å². The zero-order valence-electron chi connectivity index (χ0n) is 30.9. The highest BCUT2D eigenvalue weighted by Crippen LogP contribution is 2.18. The first-order valence-electron chi connectivity index (χ1n) is 18.1. The van der Waals surface area contributed by atoms with Crippen LogP contribution in [0.3, 0.4) is 0 Å². The van der Waals surface area contributed by atoms with Crippen LogP contribution in [0.5, 0.6) is 0 Å². The molecule has 3 amide bonds. The number of carboxylic acids is 1. The summed E-state index contributed by atoms with van der Waals surface area (Å²) in [7, 11) is 0. The lowest BCUT2D eigenvalue weighted by Gasteiger charge is -2.29. The number of hydrogen-bond acceptors (Lipinski definition) is 10. The number of rotatable bonds is 10. The maximum Gasteiger partial charge on any atom is 0.336 e. The Balaban J connectivity index is 1.48. The second-order valence-electron chi connectivity index (χ2n) is 12.7. The second-order valence-corrected chi connectivity index (χ2v) is 12.7. The summed E-state index contributed by atoms with van der Waals surface area (Å²) in [5, 5.41) is 18.7. The molecule has 3 aromatic rings. The highest BCUT2D eigenvalue weighted by atomic mass is 16.6. The van der Waals surface area contributed by atoms with Crippen molar-refractivity contribution in [3.63, 3.8) is 0 Å². The molecule has 0 aromatic heterocycles. The fourth-order valence-corrected chi connectivity index (χ4v) is 5.69. The third-order valence-corrected chi connectivity index (χ3v) is 8.64. The summed E-state index contributed by atoms with van der Waals surface area (Å²) >= 11 is 0. The molecule has 0 bridgehead atoms. The van der Waals surface area contributed by atoms with Crippen molar-refractivity contribution >= 4 is 23.7 Å². The quantitative estimate of drug-likeness (QED) is 0.239. The number of carboxylic acid groups (broad SMARTS) is 1. The van der Waals surface area contributed by atoms with E-state index >= 15 is 0 Å². The molecule has 292 valence electrons. The van der Waals surface area contributed by atoms with Crippen LogP contribution in [0.15, 0.2) is 91.0 Å². The molecule has 14 nitrogen and oxygen atoms in total. The SMILES string of the molecule is CC(NC(=O)[C@H]1OCCOCCO[C@H](C(=O)NC(C)c2ccccc2)[C@@H](C(=O)NC(C)c2ccccc2)OCCOCCO[C@@H]1C(=O)O)c1ccccc1. The maximum atomic E-state index is 13.8. The molecule has 1 heterocycles. The molecule has 14 heteroatoms. The smallest absolute Gasteiger partial charge is 0.336 e. The molecule has 1 aliphatic rings. The Morgan fingerprint density at radius 3 is 1.00 bits per heavy atom. The fourth-order valence-electron chi connectivity index (χ4n) is 5.69. The van der Waals surface area contributed by atoms with E-state index in [0.717, 1.165) is 16.7 Å². The van der Waals surface area contributed by atoms with Gasteiger partial charge in [0.2, 0.25) is 0 Å². The molecule has 3 unspecified atom stereocenters. The lowest BCUT2D eigenvalue weighted by molar-refractivity contribution is -0.173. The Morgan fingerprint density at radius 2 is 0.722 bits per heavy atom. The van der Waals surface area contributed by atoms with Crippen molar-refractivity contribution in [3.8, 4) is 0 Å². The minimum Gasteiger partial charge on any atom is -0.479 e. The molecule has 7 atom stereocenters. The van der Waals surface area contributed by atoms with Crippen LogP contribution in [0.2, 0.25) is 0 Å². The Bertz CT molecular complexity index is 1580. The van der Waals surface area contributed by atoms with Crippen molar-refractivity contribution in [1.82, 2.24) is 16.0 Å². The van der Waals surface area contributed by atoms with Gasteiger partial charge in [0.25, 0.3) is 17.7 Å². The van der Waals surface area contributed by atoms with E-state index in [9.17, 15) is 24.3 Å². The van der Waals surface area contributed by atoms with Gasteiger partial charge in [-0.3, -0.25) is 14.4 Å². The van der Waals surface area contributed by atoms with Gasteiger partial charge in [-0.25, -0.2) is 4.79 Å². The summed E-state index contributed by atoms with van der Waals surface area (Å²) in [6.07, 6.45) is -5.91. The molecular weight excluding hydrogens is 698 g/mol. The largest absolute Gasteiger partial charge is 0.479 e. The minimum atomic E-state index is -1.65. The topological polar surface area (TPSA) is 180 Å². The summed E-state index contributed by atoms with van der Waals surface area (Å²) in [5.41, 5.74) is 2.54. The summed E-state index contributed by atoms with van der Waals surface area (Å²) in [6, 6.07) is 26.7. The van der Waals surface area contributed by atoms with E-state index in [1.54, 1.807) is 6.92 Å². The molecule has 4 rings (SSSR count). The Hall–Kier alpha value is -4.70. The van der Waals surface area contributed by atoms with Crippen molar-refractivity contribution in [3.05, 3.63) is 108 Å². The molecule has 1 aliphatic heterocycles. The first-order valence-corrected chi connectivity index (χ1v) is 18.1. The van der Waals surface area contributed by atoms with Crippen molar-refractivity contribution < 1.29 is 52.7 Å². The van der Waals surface area contributed by atoms with E-state index in [1.807, 2.05) is 105 Å². The molecule has 4 N–H and O–H groups in total.